The molecule has 1 unspecified atom stereocenters. The summed E-state index contributed by atoms with van der Waals surface area (Å²) in [6.45, 7) is 0.582. The van der Waals surface area contributed by atoms with Crippen LogP contribution in [0.4, 0.5) is 23.7 Å². The van der Waals surface area contributed by atoms with Crippen LogP contribution in [-0.2, 0) is 6.18 Å². The SMILES string of the molecule is O=C(Nc1ccccc1C(F)(F)F)N1CCSC1c1ccc2c(c1)OCO2. The summed E-state index contributed by atoms with van der Waals surface area (Å²) >= 11 is 1.54. The Bertz CT molecular complexity index is 875. The van der Waals surface area contributed by atoms with Gasteiger partial charge in [-0.15, -0.1) is 11.8 Å². The van der Waals surface area contributed by atoms with Crippen LogP contribution in [0.1, 0.15) is 16.5 Å². The molecule has 27 heavy (non-hydrogen) atoms. The van der Waals surface area contributed by atoms with Gasteiger partial charge in [0.1, 0.15) is 5.37 Å². The molecule has 0 aliphatic carbocycles. The van der Waals surface area contributed by atoms with Gasteiger partial charge in [0.25, 0.3) is 0 Å². The normalized spacial score (nSPS) is 18.6. The predicted octanol–water partition coefficient (Wildman–Crippen LogP) is 4.71. The molecule has 1 saturated heterocycles. The molecule has 4 rings (SSSR count). The van der Waals surface area contributed by atoms with E-state index in [0.29, 0.717) is 23.8 Å². The number of hydrogen-bond acceptors (Lipinski definition) is 4. The first-order valence-electron chi connectivity index (χ1n) is 8.18. The molecule has 2 aromatic carbocycles. The van der Waals surface area contributed by atoms with Crippen molar-refractivity contribution in [1.82, 2.24) is 4.90 Å². The van der Waals surface area contributed by atoms with Crippen LogP contribution in [0.3, 0.4) is 0 Å². The highest BCUT2D eigenvalue weighted by Crippen LogP contribution is 2.43. The highest BCUT2D eigenvalue weighted by Gasteiger charge is 2.36. The molecule has 0 spiro atoms. The number of halogens is 3. The lowest BCUT2D eigenvalue weighted by Gasteiger charge is -2.25. The molecule has 2 aliphatic heterocycles. The van der Waals surface area contributed by atoms with Crippen LogP contribution in [-0.4, -0.2) is 30.0 Å². The van der Waals surface area contributed by atoms with Gasteiger partial charge in [0.2, 0.25) is 6.79 Å². The minimum Gasteiger partial charge on any atom is -0.454 e. The first-order chi connectivity index (χ1) is 12.9. The van der Waals surface area contributed by atoms with E-state index in [9.17, 15) is 18.0 Å². The summed E-state index contributed by atoms with van der Waals surface area (Å²) in [6.07, 6.45) is -4.54. The summed E-state index contributed by atoms with van der Waals surface area (Å²) in [6, 6.07) is 9.78. The van der Waals surface area contributed by atoms with Gasteiger partial charge >= 0.3 is 12.2 Å². The standard InChI is InChI=1S/C18H15F3N2O3S/c19-18(20,21)12-3-1-2-4-13(12)22-17(24)23-7-8-27-16(23)11-5-6-14-15(9-11)26-10-25-14/h1-6,9,16H,7-8,10H2,(H,22,24). The Morgan fingerprint density at radius 3 is 2.74 bits per heavy atom. The van der Waals surface area contributed by atoms with Crippen molar-refractivity contribution in [2.75, 3.05) is 24.4 Å². The number of ether oxygens (including phenoxy) is 2. The Labute approximate surface area is 157 Å². The Hall–Kier alpha value is -2.55. The third kappa shape index (κ3) is 3.51. The van der Waals surface area contributed by atoms with Crippen molar-refractivity contribution < 1.29 is 27.4 Å². The maximum Gasteiger partial charge on any atom is 0.418 e. The van der Waals surface area contributed by atoms with Crippen LogP contribution < -0.4 is 14.8 Å². The van der Waals surface area contributed by atoms with Gasteiger partial charge in [-0.25, -0.2) is 4.79 Å². The molecule has 2 aromatic rings. The van der Waals surface area contributed by atoms with Gasteiger partial charge in [0.15, 0.2) is 11.5 Å². The fourth-order valence-corrected chi connectivity index (χ4v) is 4.29. The van der Waals surface area contributed by atoms with E-state index in [1.807, 2.05) is 6.07 Å². The number of nitrogens with zero attached hydrogens (tertiary/aromatic N) is 1. The number of nitrogens with one attached hydrogen (secondary N) is 1. The second-order valence-electron chi connectivity index (χ2n) is 6.00. The van der Waals surface area contributed by atoms with E-state index in [4.69, 9.17) is 9.47 Å². The van der Waals surface area contributed by atoms with Crippen LogP contribution in [0.15, 0.2) is 42.5 Å². The van der Waals surface area contributed by atoms with Crippen LogP contribution >= 0.6 is 11.8 Å². The lowest BCUT2D eigenvalue weighted by Crippen LogP contribution is -2.34. The molecule has 1 fully saturated rings. The molecule has 9 heteroatoms. The van der Waals surface area contributed by atoms with Crippen LogP contribution in [0.5, 0.6) is 11.5 Å². The zero-order valence-electron chi connectivity index (χ0n) is 14.0. The van der Waals surface area contributed by atoms with Gasteiger partial charge in [-0.3, -0.25) is 0 Å². The monoisotopic (exact) mass is 396 g/mol. The number of rotatable bonds is 2. The van der Waals surface area contributed by atoms with Crippen molar-refractivity contribution in [3.63, 3.8) is 0 Å². The highest BCUT2D eigenvalue weighted by molar-refractivity contribution is 7.99. The number of fused-ring (bicyclic) bond motifs is 1. The number of anilines is 1. The van der Waals surface area contributed by atoms with Crippen LogP contribution in [0.2, 0.25) is 0 Å². The number of para-hydroxylation sites is 1. The molecule has 2 heterocycles. The average Bonchev–Trinajstić information content (AvgIpc) is 3.29. The minimum absolute atomic E-state index is 0.148. The molecular formula is C18H15F3N2O3S. The number of carbonyl (C=O) groups is 1. The van der Waals surface area contributed by atoms with Crippen molar-refractivity contribution in [3.05, 3.63) is 53.6 Å². The summed E-state index contributed by atoms with van der Waals surface area (Å²) in [5, 5.41) is 2.10. The number of alkyl halides is 3. The van der Waals surface area contributed by atoms with Crippen molar-refractivity contribution >= 4 is 23.5 Å². The van der Waals surface area contributed by atoms with E-state index in [1.54, 1.807) is 23.9 Å². The Morgan fingerprint density at radius 1 is 1.15 bits per heavy atom. The molecule has 0 radical (unpaired) electrons. The molecule has 2 aliphatic rings. The second-order valence-corrected chi connectivity index (χ2v) is 7.19. The van der Waals surface area contributed by atoms with Crippen LogP contribution in [0.25, 0.3) is 0 Å². The zero-order chi connectivity index (χ0) is 19.0. The topological polar surface area (TPSA) is 50.8 Å². The average molecular weight is 396 g/mol. The predicted molar refractivity (Wildman–Crippen MR) is 94.9 cm³/mol. The van der Waals surface area contributed by atoms with Gasteiger partial charge in [-0.05, 0) is 29.8 Å². The second kappa shape index (κ2) is 6.88. The van der Waals surface area contributed by atoms with E-state index in [0.717, 1.165) is 11.6 Å². The first kappa shape index (κ1) is 17.8. The summed E-state index contributed by atoms with van der Waals surface area (Å²) in [7, 11) is 0. The maximum atomic E-state index is 13.2. The number of amides is 2. The number of urea groups is 1. The lowest BCUT2D eigenvalue weighted by atomic mass is 10.1. The minimum atomic E-state index is -4.54. The fraction of sp³-hybridized carbons (Fsp3) is 0.278. The van der Waals surface area contributed by atoms with Gasteiger partial charge in [0.05, 0.1) is 11.3 Å². The van der Waals surface area contributed by atoms with Crippen molar-refractivity contribution in [1.29, 1.82) is 0 Å². The smallest absolute Gasteiger partial charge is 0.418 e. The van der Waals surface area contributed by atoms with Crippen molar-refractivity contribution in [3.8, 4) is 11.5 Å². The van der Waals surface area contributed by atoms with E-state index in [1.165, 1.54) is 23.1 Å². The molecule has 0 bridgehead atoms. The molecule has 142 valence electrons. The van der Waals surface area contributed by atoms with Gasteiger partial charge in [-0.1, -0.05) is 18.2 Å². The Morgan fingerprint density at radius 2 is 1.93 bits per heavy atom. The number of carbonyl (C=O) groups excluding carboxylic acids is 1. The quantitative estimate of drug-likeness (QED) is 0.799. The maximum absolute atomic E-state index is 13.2. The lowest BCUT2D eigenvalue weighted by molar-refractivity contribution is -0.136. The molecule has 0 saturated carbocycles. The molecule has 0 aromatic heterocycles. The van der Waals surface area contributed by atoms with Crippen molar-refractivity contribution in [2.45, 2.75) is 11.6 Å². The summed E-state index contributed by atoms with van der Waals surface area (Å²) in [5.74, 6) is 1.92. The number of benzene rings is 2. The van der Waals surface area contributed by atoms with Gasteiger partial charge in [0, 0.05) is 12.3 Å². The van der Waals surface area contributed by atoms with E-state index in [2.05, 4.69) is 5.32 Å². The summed E-state index contributed by atoms with van der Waals surface area (Å²) in [4.78, 5) is 14.2. The number of thioether (sulfide) groups is 1. The third-order valence-corrected chi connectivity index (χ3v) is 5.57. The van der Waals surface area contributed by atoms with E-state index < -0.39 is 17.8 Å². The third-order valence-electron chi connectivity index (χ3n) is 4.31. The van der Waals surface area contributed by atoms with Crippen LogP contribution in [0, 0.1) is 0 Å². The molecule has 2 amide bonds. The largest absolute Gasteiger partial charge is 0.454 e. The fourth-order valence-electron chi connectivity index (χ4n) is 3.05. The summed E-state index contributed by atoms with van der Waals surface area (Å²) < 4.78 is 50.1. The molecule has 5 nitrogen and oxygen atoms in total. The molecule has 1 N–H and O–H groups in total. The van der Waals surface area contributed by atoms with Crippen molar-refractivity contribution in [2.24, 2.45) is 0 Å². The molecular weight excluding hydrogens is 381 g/mol. The van der Waals surface area contributed by atoms with Gasteiger partial charge < -0.3 is 19.7 Å². The summed E-state index contributed by atoms with van der Waals surface area (Å²) in [5.41, 5.74) is -0.290. The zero-order valence-corrected chi connectivity index (χ0v) is 14.8. The van der Waals surface area contributed by atoms with E-state index in [-0.39, 0.29) is 17.9 Å². The highest BCUT2D eigenvalue weighted by atomic mass is 32.2. The molecule has 1 atom stereocenters. The van der Waals surface area contributed by atoms with Gasteiger partial charge in [-0.2, -0.15) is 13.2 Å². The Kier molecular flexibility index (Phi) is 4.55. The van der Waals surface area contributed by atoms with E-state index >= 15 is 0 Å². The number of hydrogen-bond donors (Lipinski definition) is 1. The first-order valence-corrected chi connectivity index (χ1v) is 9.23. The Balaban J connectivity index is 1.55.